The highest BCUT2D eigenvalue weighted by Gasteiger charge is 2.09. The smallest absolute Gasteiger partial charge is 0.0190 e. The number of allylic oxidation sites excluding steroid dienone is 1. The highest BCUT2D eigenvalue weighted by molar-refractivity contribution is 5.50. The van der Waals surface area contributed by atoms with E-state index < -0.39 is 0 Å². The Morgan fingerprint density at radius 2 is 0.415 bits per heavy atom. The minimum atomic E-state index is 0.615. The van der Waals surface area contributed by atoms with E-state index in [1.54, 1.807) is 0 Å². The van der Waals surface area contributed by atoms with Gasteiger partial charge in [-0.2, -0.15) is 0 Å². The molecule has 0 bridgehead atoms. The third-order valence-corrected chi connectivity index (χ3v) is 19.1. The molecule has 476 valence electrons. The molecule has 0 aliphatic heterocycles. The van der Waals surface area contributed by atoms with E-state index >= 15 is 0 Å². The lowest BCUT2D eigenvalue weighted by molar-refractivity contribution is 0.514. The van der Waals surface area contributed by atoms with E-state index in [1.807, 2.05) is 0 Å². The second-order valence-electron chi connectivity index (χ2n) is 27.3. The van der Waals surface area contributed by atoms with Gasteiger partial charge in [-0.3, -0.25) is 0 Å². The van der Waals surface area contributed by atoms with Crippen LogP contribution in [0, 0.1) is 5.92 Å². The first kappa shape index (κ1) is 76.3. The first-order valence-corrected chi connectivity index (χ1v) is 38.6. The van der Waals surface area contributed by atoms with Crippen LogP contribution in [0.4, 0.5) is 0 Å². The van der Waals surface area contributed by atoms with Crippen molar-refractivity contribution in [3.63, 3.8) is 0 Å². The monoisotopic (exact) mass is 1130 g/mol. The van der Waals surface area contributed by atoms with E-state index in [1.165, 1.54) is 433 Å². The highest BCUT2D eigenvalue weighted by Crippen LogP contribution is 2.24. The van der Waals surface area contributed by atoms with Crippen LogP contribution in [-0.4, -0.2) is 0 Å². The standard InChI is InChI=1S/C82H148/c1-4-7-10-13-16-18-20-22-24-26-28-30-32-34-36-38-40-42-44-46-48-50-52-54-56-59-61-64-78-67-69-80(70-68-78)73-74-81(66-63-58-15-12-9-6-3)77-82-75-71-79(72-76-82)65-62-60-57-55-53-51-49-47-45-43-41-39-37-35-33-31-29-27-25-23-21-19-17-14-11-8-5-2/h67-76,81H,4-66,77H2,1-3H3. The Bertz CT molecular complexity index is 1510. The topological polar surface area (TPSA) is 0 Å². The van der Waals surface area contributed by atoms with Crippen LogP contribution < -0.4 is 0 Å². The lowest BCUT2D eigenvalue weighted by atomic mass is 9.91. The normalized spacial score (nSPS) is 12.2. The Labute approximate surface area is 517 Å². The molecule has 0 aliphatic rings. The molecule has 0 fully saturated rings. The van der Waals surface area contributed by atoms with Crippen LogP contribution >= 0.6 is 0 Å². The summed E-state index contributed by atoms with van der Waals surface area (Å²) in [5.74, 6) is 0.615. The summed E-state index contributed by atoms with van der Waals surface area (Å²) in [5.41, 5.74) is 5.95. The van der Waals surface area contributed by atoms with Gasteiger partial charge in [0.1, 0.15) is 0 Å². The van der Waals surface area contributed by atoms with Crippen molar-refractivity contribution in [3.8, 4) is 0 Å². The molecule has 82 heavy (non-hydrogen) atoms. The fourth-order valence-corrected chi connectivity index (χ4v) is 13.3. The van der Waals surface area contributed by atoms with Gasteiger partial charge in [0.05, 0.1) is 0 Å². The van der Waals surface area contributed by atoms with E-state index in [4.69, 9.17) is 0 Å². The zero-order chi connectivity index (χ0) is 58.2. The maximum atomic E-state index is 2.56. The fraction of sp³-hybridized carbons (Fsp3) is 0.829. The van der Waals surface area contributed by atoms with Gasteiger partial charge in [0.2, 0.25) is 0 Å². The van der Waals surface area contributed by atoms with Crippen LogP contribution in [0.25, 0.3) is 6.08 Å². The summed E-state index contributed by atoms with van der Waals surface area (Å²) in [5, 5.41) is 0. The van der Waals surface area contributed by atoms with E-state index in [-0.39, 0.29) is 0 Å². The fourth-order valence-electron chi connectivity index (χ4n) is 13.3. The molecule has 0 heterocycles. The summed E-state index contributed by atoms with van der Waals surface area (Å²) in [6, 6.07) is 19.4. The van der Waals surface area contributed by atoms with Crippen LogP contribution in [-0.2, 0) is 19.3 Å². The summed E-state index contributed by atoms with van der Waals surface area (Å²) < 4.78 is 0. The Kier molecular flexibility index (Phi) is 59.2. The molecule has 2 aromatic carbocycles. The van der Waals surface area contributed by atoms with Crippen molar-refractivity contribution in [2.45, 2.75) is 432 Å². The third kappa shape index (κ3) is 53.6. The predicted octanol–water partition coefficient (Wildman–Crippen LogP) is 29.5. The SMILES string of the molecule is CCCCCCCCCCCCCCCCCCCCCCCCCCCCCc1ccc(C=CC(CCCCCCCC)Cc2ccc(CCCCCCCCCCCCCCCCCCCCCCCCCCCCC)cc2)cc1. The summed E-state index contributed by atoms with van der Waals surface area (Å²) in [7, 11) is 0. The molecule has 0 heteroatoms. The average Bonchev–Trinajstić information content (AvgIpc) is 3.54. The molecule has 1 unspecified atom stereocenters. The zero-order valence-corrected chi connectivity index (χ0v) is 56.6. The molecule has 0 aliphatic carbocycles. The molecule has 0 aromatic heterocycles. The number of benzene rings is 2. The van der Waals surface area contributed by atoms with Gasteiger partial charge >= 0.3 is 0 Å². The molecule has 0 saturated carbocycles. The van der Waals surface area contributed by atoms with Crippen molar-refractivity contribution in [2.75, 3.05) is 0 Å². The summed E-state index contributed by atoms with van der Waals surface area (Å²) in [6.45, 7) is 6.96. The first-order chi connectivity index (χ1) is 40.7. The number of hydrogen-bond donors (Lipinski definition) is 0. The lowest BCUT2D eigenvalue weighted by Crippen LogP contribution is -2.02. The predicted molar refractivity (Wildman–Crippen MR) is 375 cm³/mol. The van der Waals surface area contributed by atoms with Gasteiger partial charge in [-0.05, 0) is 66.7 Å². The van der Waals surface area contributed by atoms with Gasteiger partial charge in [-0.1, -0.05) is 454 Å². The van der Waals surface area contributed by atoms with Crippen molar-refractivity contribution >= 4 is 6.08 Å². The Morgan fingerprint density at radius 1 is 0.220 bits per heavy atom. The van der Waals surface area contributed by atoms with E-state index in [0.717, 1.165) is 0 Å². The molecular formula is C82H148. The minimum Gasteiger partial charge on any atom is -0.0805 e. The second-order valence-corrected chi connectivity index (χ2v) is 27.3. The van der Waals surface area contributed by atoms with Crippen molar-refractivity contribution in [3.05, 3.63) is 76.9 Å². The van der Waals surface area contributed by atoms with E-state index in [2.05, 4.69) is 81.5 Å². The van der Waals surface area contributed by atoms with Crippen LogP contribution in [0.1, 0.15) is 435 Å². The van der Waals surface area contributed by atoms with Gasteiger partial charge in [0.15, 0.2) is 0 Å². The van der Waals surface area contributed by atoms with Gasteiger partial charge in [0, 0.05) is 0 Å². The molecule has 1 atom stereocenters. The Balaban J connectivity index is 1.44. The van der Waals surface area contributed by atoms with Gasteiger partial charge in [-0.15, -0.1) is 0 Å². The third-order valence-electron chi connectivity index (χ3n) is 19.1. The Hall–Kier alpha value is -1.82. The minimum absolute atomic E-state index is 0.615. The van der Waals surface area contributed by atoms with Crippen LogP contribution in [0.3, 0.4) is 0 Å². The van der Waals surface area contributed by atoms with Crippen LogP contribution in [0.15, 0.2) is 54.6 Å². The molecule has 0 spiro atoms. The average molecular weight is 1130 g/mol. The molecule has 2 rings (SSSR count). The Morgan fingerprint density at radius 3 is 0.659 bits per heavy atom. The van der Waals surface area contributed by atoms with Gasteiger partial charge in [-0.25, -0.2) is 0 Å². The van der Waals surface area contributed by atoms with Gasteiger partial charge < -0.3 is 0 Å². The number of unbranched alkanes of at least 4 members (excludes halogenated alkanes) is 57. The summed E-state index contributed by atoms with van der Waals surface area (Å²) in [4.78, 5) is 0. The second kappa shape index (κ2) is 63.7. The van der Waals surface area contributed by atoms with Gasteiger partial charge in [0.25, 0.3) is 0 Å². The molecule has 0 radical (unpaired) electrons. The molecule has 2 aromatic rings. The lowest BCUT2D eigenvalue weighted by Gasteiger charge is -2.14. The molecule has 0 amide bonds. The van der Waals surface area contributed by atoms with Crippen molar-refractivity contribution in [1.29, 1.82) is 0 Å². The van der Waals surface area contributed by atoms with E-state index in [9.17, 15) is 0 Å². The highest BCUT2D eigenvalue weighted by atomic mass is 14.1. The number of rotatable bonds is 67. The first-order valence-electron chi connectivity index (χ1n) is 38.6. The van der Waals surface area contributed by atoms with Crippen LogP contribution in [0.5, 0.6) is 0 Å². The van der Waals surface area contributed by atoms with E-state index in [0.29, 0.717) is 5.92 Å². The molecule has 0 N–H and O–H groups in total. The largest absolute Gasteiger partial charge is 0.0805 e. The molecule has 0 nitrogen and oxygen atoms in total. The number of hydrogen-bond acceptors (Lipinski definition) is 0. The quantitative estimate of drug-likeness (QED) is 0.0579. The molecular weight excluding hydrogens is 985 g/mol. The molecule has 0 saturated heterocycles. The summed E-state index contributed by atoms with van der Waals surface area (Å²) >= 11 is 0. The zero-order valence-electron chi connectivity index (χ0n) is 56.6. The van der Waals surface area contributed by atoms with Crippen molar-refractivity contribution in [1.82, 2.24) is 0 Å². The van der Waals surface area contributed by atoms with Crippen molar-refractivity contribution < 1.29 is 0 Å². The maximum absolute atomic E-state index is 2.56. The number of aryl methyl sites for hydroxylation is 2. The summed E-state index contributed by atoms with van der Waals surface area (Å²) in [6.07, 6.45) is 97.1. The van der Waals surface area contributed by atoms with Crippen molar-refractivity contribution in [2.24, 2.45) is 5.92 Å². The van der Waals surface area contributed by atoms with Crippen LogP contribution in [0.2, 0.25) is 0 Å². The maximum Gasteiger partial charge on any atom is -0.0190 e.